The number of aromatic nitrogens is 2. The number of ether oxygens (including phenoxy) is 1. The van der Waals surface area contributed by atoms with Crippen molar-refractivity contribution >= 4 is 32.8 Å². The van der Waals surface area contributed by atoms with Gasteiger partial charge in [0.15, 0.2) is 0 Å². The van der Waals surface area contributed by atoms with E-state index in [-0.39, 0.29) is 6.04 Å². The first-order valence-electron chi connectivity index (χ1n) is 9.49. The summed E-state index contributed by atoms with van der Waals surface area (Å²) in [5, 5.41) is 2.26. The number of hydrogen-bond acceptors (Lipinski definition) is 3. The van der Waals surface area contributed by atoms with Gasteiger partial charge in [-0.15, -0.1) is 0 Å². The smallest absolute Gasteiger partial charge is 0.125 e. The van der Waals surface area contributed by atoms with Gasteiger partial charge in [0.05, 0.1) is 12.0 Å². The number of methoxy groups -OCH3 is 1. The van der Waals surface area contributed by atoms with E-state index >= 15 is 0 Å². The van der Waals surface area contributed by atoms with Crippen LogP contribution < -0.4 is 9.46 Å². The standard InChI is InChI=1S/C22H26N4O2S/c1-25(2)22(19-14-26(3)21-8-6-16(28-4)11-18(19)21)13-24-29(27)17-7-5-15-9-10-23-20(15)12-17/h5-12,14,22-24H,13H2,1-4H3. The lowest BCUT2D eigenvalue weighted by Crippen LogP contribution is -2.32. The summed E-state index contributed by atoms with van der Waals surface area (Å²) in [5.41, 5.74) is 3.31. The SMILES string of the molecule is COc1ccc2c(c1)c(C(CNS(=O)c1ccc3cc[nH]c3c1)N(C)C)cn2C. The Hall–Kier alpha value is -2.61. The van der Waals surface area contributed by atoms with Gasteiger partial charge in [-0.05, 0) is 61.4 Å². The zero-order valence-corrected chi connectivity index (χ0v) is 17.9. The second kappa shape index (κ2) is 8.02. The van der Waals surface area contributed by atoms with Gasteiger partial charge in [0.1, 0.15) is 16.7 Å². The molecule has 0 bridgehead atoms. The number of benzene rings is 2. The van der Waals surface area contributed by atoms with Crippen LogP contribution in [0.4, 0.5) is 0 Å². The molecule has 6 nitrogen and oxygen atoms in total. The maximum Gasteiger partial charge on any atom is 0.125 e. The first-order valence-corrected chi connectivity index (χ1v) is 10.6. The first-order chi connectivity index (χ1) is 14.0. The fourth-order valence-electron chi connectivity index (χ4n) is 3.75. The quantitative estimate of drug-likeness (QED) is 0.490. The molecule has 2 atom stereocenters. The van der Waals surface area contributed by atoms with E-state index in [4.69, 9.17) is 4.74 Å². The molecule has 29 heavy (non-hydrogen) atoms. The fourth-order valence-corrected chi connectivity index (χ4v) is 4.64. The van der Waals surface area contributed by atoms with E-state index in [0.29, 0.717) is 6.54 Å². The summed E-state index contributed by atoms with van der Waals surface area (Å²) in [6.07, 6.45) is 4.03. The van der Waals surface area contributed by atoms with Gasteiger partial charge < -0.3 is 19.2 Å². The maximum atomic E-state index is 12.9. The Balaban J connectivity index is 1.60. The first kappa shape index (κ1) is 19.7. The average molecular weight is 411 g/mol. The Kier molecular flexibility index (Phi) is 5.45. The lowest BCUT2D eigenvalue weighted by atomic mass is 10.0. The van der Waals surface area contributed by atoms with Gasteiger partial charge >= 0.3 is 0 Å². The molecule has 4 rings (SSSR count). The second-order valence-electron chi connectivity index (χ2n) is 7.40. The van der Waals surface area contributed by atoms with Crippen LogP contribution in [0.3, 0.4) is 0 Å². The van der Waals surface area contributed by atoms with Crippen LogP contribution in [0.5, 0.6) is 5.75 Å². The Bertz CT molecular complexity index is 1180. The van der Waals surface area contributed by atoms with Crippen molar-refractivity contribution in [1.82, 2.24) is 19.2 Å². The van der Waals surface area contributed by atoms with Crippen molar-refractivity contribution in [3.05, 3.63) is 60.4 Å². The normalized spacial score (nSPS) is 14.0. The maximum absolute atomic E-state index is 12.9. The zero-order valence-electron chi connectivity index (χ0n) is 17.1. The Labute approximate surface area is 173 Å². The number of likely N-dealkylation sites (N-methyl/N-ethyl adjacent to an activating group) is 1. The number of aryl methyl sites for hydroxylation is 1. The van der Waals surface area contributed by atoms with Gasteiger partial charge in [0, 0.05) is 48.4 Å². The summed E-state index contributed by atoms with van der Waals surface area (Å²) in [7, 11) is 6.51. The van der Waals surface area contributed by atoms with E-state index in [9.17, 15) is 4.21 Å². The largest absolute Gasteiger partial charge is 0.497 e. The number of H-pyrrole nitrogens is 1. The third-order valence-corrected chi connectivity index (χ3v) is 6.47. The minimum atomic E-state index is -1.30. The van der Waals surface area contributed by atoms with E-state index < -0.39 is 11.0 Å². The highest BCUT2D eigenvalue weighted by molar-refractivity contribution is 7.83. The summed E-state index contributed by atoms with van der Waals surface area (Å²) in [6.45, 7) is 0.554. The van der Waals surface area contributed by atoms with Gasteiger partial charge in [0.2, 0.25) is 0 Å². The minimum Gasteiger partial charge on any atom is -0.497 e. The van der Waals surface area contributed by atoms with Crippen molar-refractivity contribution in [3.8, 4) is 5.75 Å². The molecule has 0 saturated carbocycles. The van der Waals surface area contributed by atoms with Gasteiger partial charge in [-0.2, -0.15) is 0 Å². The molecule has 0 fully saturated rings. The number of hydrogen-bond donors (Lipinski definition) is 2. The molecule has 2 aromatic heterocycles. The highest BCUT2D eigenvalue weighted by Crippen LogP contribution is 2.31. The summed E-state index contributed by atoms with van der Waals surface area (Å²) >= 11 is 0. The molecule has 2 unspecified atom stereocenters. The molecule has 0 spiro atoms. The molecular weight excluding hydrogens is 384 g/mol. The number of fused-ring (bicyclic) bond motifs is 2. The molecule has 0 saturated heterocycles. The lowest BCUT2D eigenvalue weighted by Gasteiger charge is -2.24. The monoisotopic (exact) mass is 410 g/mol. The molecule has 2 aromatic carbocycles. The van der Waals surface area contributed by atoms with Crippen LogP contribution in [0.2, 0.25) is 0 Å². The number of nitrogens with one attached hydrogen (secondary N) is 2. The third-order valence-electron chi connectivity index (χ3n) is 5.36. The fraction of sp³-hybridized carbons (Fsp3) is 0.273. The van der Waals surface area contributed by atoms with E-state index in [1.165, 1.54) is 5.56 Å². The van der Waals surface area contributed by atoms with Gasteiger partial charge in [-0.1, -0.05) is 6.07 Å². The lowest BCUT2D eigenvalue weighted by molar-refractivity contribution is 0.302. The second-order valence-corrected chi connectivity index (χ2v) is 8.70. The van der Waals surface area contributed by atoms with Crippen molar-refractivity contribution < 1.29 is 8.95 Å². The highest BCUT2D eigenvalue weighted by Gasteiger charge is 2.21. The van der Waals surface area contributed by atoms with Crippen LogP contribution in [-0.2, 0) is 18.0 Å². The molecular formula is C22H26N4O2S. The Morgan fingerprint density at radius 2 is 2.03 bits per heavy atom. The molecule has 4 aromatic rings. The molecule has 2 heterocycles. The van der Waals surface area contributed by atoms with E-state index in [1.807, 2.05) is 57.7 Å². The van der Waals surface area contributed by atoms with Crippen LogP contribution in [-0.4, -0.2) is 46.4 Å². The van der Waals surface area contributed by atoms with Crippen LogP contribution in [0.1, 0.15) is 11.6 Å². The molecule has 0 radical (unpaired) electrons. The minimum absolute atomic E-state index is 0.0592. The van der Waals surface area contributed by atoms with Crippen molar-refractivity contribution in [1.29, 1.82) is 0 Å². The number of aromatic amines is 1. The van der Waals surface area contributed by atoms with Gasteiger partial charge in [-0.25, -0.2) is 8.93 Å². The van der Waals surface area contributed by atoms with Crippen molar-refractivity contribution in [2.24, 2.45) is 7.05 Å². The van der Waals surface area contributed by atoms with E-state index in [0.717, 1.165) is 32.5 Å². The van der Waals surface area contributed by atoms with Crippen LogP contribution in [0, 0.1) is 0 Å². The Morgan fingerprint density at radius 3 is 2.79 bits per heavy atom. The van der Waals surface area contributed by atoms with Crippen LogP contribution in [0.15, 0.2) is 59.8 Å². The van der Waals surface area contributed by atoms with E-state index in [2.05, 4.69) is 37.5 Å². The summed E-state index contributed by atoms with van der Waals surface area (Å²) < 4.78 is 23.6. The van der Waals surface area contributed by atoms with Gasteiger partial charge in [-0.3, -0.25) is 0 Å². The molecule has 2 N–H and O–H groups in total. The molecule has 0 aliphatic heterocycles. The number of nitrogens with zero attached hydrogens (tertiary/aromatic N) is 2. The number of rotatable bonds is 7. The van der Waals surface area contributed by atoms with Crippen molar-refractivity contribution in [3.63, 3.8) is 0 Å². The van der Waals surface area contributed by atoms with E-state index in [1.54, 1.807) is 7.11 Å². The van der Waals surface area contributed by atoms with Crippen molar-refractivity contribution in [2.75, 3.05) is 27.7 Å². The molecule has 7 heteroatoms. The van der Waals surface area contributed by atoms with Crippen LogP contribution >= 0.6 is 0 Å². The summed E-state index contributed by atoms with van der Waals surface area (Å²) in [6, 6.07) is 14.0. The molecule has 0 aliphatic rings. The topological polar surface area (TPSA) is 62.3 Å². The van der Waals surface area contributed by atoms with Crippen molar-refractivity contribution in [2.45, 2.75) is 10.9 Å². The predicted octanol–water partition coefficient (Wildman–Crippen LogP) is 3.58. The molecule has 152 valence electrons. The summed E-state index contributed by atoms with van der Waals surface area (Å²) in [5.74, 6) is 0.832. The highest BCUT2D eigenvalue weighted by atomic mass is 32.2. The average Bonchev–Trinajstić information content (AvgIpc) is 3.31. The van der Waals surface area contributed by atoms with Crippen LogP contribution in [0.25, 0.3) is 21.8 Å². The Morgan fingerprint density at radius 1 is 1.21 bits per heavy atom. The predicted molar refractivity (Wildman–Crippen MR) is 119 cm³/mol. The zero-order chi connectivity index (χ0) is 20.5. The molecule has 0 aliphatic carbocycles. The van der Waals surface area contributed by atoms with Gasteiger partial charge in [0.25, 0.3) is 0 Å². The third kappa shape index (κ3) is 3.81. The molecule has 0 amide bonds. The summed E-state index contributed by atoms with van der Waals surface area (Å²) in [4.78, 5) is 6.08.